The van der Waals surface area contributed by atoms with Gasteiger partial charge in [0.25, 0.3) is 0 Å². The first kappa shape index (κ1) is 16.5. The molecule has 2 aromatic rings. The second-order valence-electron chi connectivity index (χ2n) is 5.16. The molecule has 0 saturated carbocycles. The van der Waals surface area contributed by atoms with Gasteiger partial charge in [-0.2, -0.15) is 0 Å². The van der Waals surface area contributed by atoms with Gasteiger partial charge in [0, 0.05) is 17.5 Å². The lowest BCUT2D eigenvalue weighted by molar-refractivity contribution is 0.276. The highest BCUT2D eigenvalue weighted by atomic mass is 35.5. The van der Waals surface area contributed by atoms with Crippen molar-refractivity contribution in [2.24, 2.45) is 0 Å². The van der Waals surface area contributed by atoms with E-state index >= 15 is 0 Å². The Balaban J connectivity index is 2.19. The normalized spacial score (nSPS) is 11.2. The molecule has 0 atom stereocenters. The lowest BCUT2D eigenvalue weighted by atomic mass is 10.1. The maximum atomic E-state index is 5.87. The quantitative estimate of drug-likeness (QED) is 0.623. The summed E-state index contributed by atoms with van der Waals surface area (Å²) in [6.45, 7) is 7.70. The summed E-state index contributed by atoms with van der Waals surface area (Å²) in [5.41, 5.74) is 3.56. The van der Waals surface area contributed by atoms with Gasteiger partial charge in [-0.25, -0.2) is 4.98 Å². The van der Waals surface area contributed by atoms with Gasteiger partial charge in [0.1, 0.15) is 5.01 Å². The monoisotopic (exact) mass is 322 g/mol. The van der Waals surface area contributed by atoms with Crippen LogP contribution in [-0.2, 0) is 12.4 Å². The van der Waals surface area contributed by atoms with Crippen LogP contribution in [0.15, 0.2) is 29.6 Å². The summed E-state index contributed by atoms with van der Waals surface area (Å²) >= 11 is 7.55. The van der Waals surface area contributed by atoms with E-state index in [4.69, 9.17) is 11.6 Å². The van der Waals surface area contributed by atoms with E-state index in [1.165, 1.54) is 24.0 Å². The SMILES string of the molecule is CCCCN(CC)Cc1ccccc1-c1nc(CCl)cs1. The standard InChI is InChI=1S/C17H23ClN2S/c1-3-5-10-20(4-2)12-14-8-6-7-9-16(14)17-19-15(11-18)13-21-17/h6-9,13H,3-5,10-12H2,1-2H3. The van der Waals surface area contributed by atoms with E-state index < -0.39 is 0 Å². The first-order valence-corrected chi connectivity index (χ1v) is 9.00. The molecular weight excluding hydrogens is 300 g/mol. The Kier molecular flexibility index (Phi) is 6.68. The molecule has 0 aliphatic heterocycles. The molecule has 1 aromatic heterocycles. The average molecular weight is 323 g/mol. The number of hydrogen-bond acceptors (Lipinski definition) is 3. The van der Waals surface area contributed by atoms with Gasteiger partial charge in [-0.05, 0) is 25.1 Å². The highest BCUT2D eigenvalue weighted by molar-refractivity contribution is 7.13. The van der Waals surface area contributed by atoms with E-state index in [0.29, 0.717) is 5.88 Å². The van der Waals surface area contributed by atoms with E-state index in [9.17, 15) is 0 Å². The molecule has 0 fully saturated rings. The molecule has 1 heterocycles. The van der Waals surface area contributed by atoms with Crippen molar-refractivity contribution >= 4 is 22.9 Å². The Labute approximate surface area is 136 Å². The minimum atomic E-state index is 0.482. The number of benzene rings is 1. The maximum absolute atomic E-state index is 5.87. The highest BCUT2D eigenvalue weighted by Gasteiger charge is 2.11. The predicted octanol–water partition coefficient (Wildman–Crippen LogP) is 5.17. The smallest absolute Gasteiger partial charge is 0.123 e. The summed E-state index contributed by atoms with van der Waals surface area (Å²) in [4.78, 5) is 7.12. The van der Waals surface area contributed by atoms with Crippen LogP contribution in [0, 0.1) is 0 Å². The summed E-state index contributed by atoms with van der Waals surface area (Å²) < 4.78 is 0. The van der Waals surface area contributed by atoms with Crippen molar-refractivity contribution in [3.63, 3.8) is 0 Å². The molecule has 2 nitrogen and oxygen atoms in total. The Hall–Kier alpha value is -0.900. The lowest BCUT2D eigenvalue weighted by Gasteiger charge is -2.21. The molecule has 4 heteroatoms. The molecule has 0 bridgehead atoms. The third-order valence-corrected chi connectivity index (χ3v) is 4.80. The number of unbranched alkanes of at least 4 members (excludes halogenated alkanes) is 1. The van der Waals surface area contributed by atoms with Crippen LogP contribution >= 0.6 is 22.9 Å². The molecule has 0 aliphatic rings. The van der Waals surface area contributed by atoms with Crippen molar-refractivity contribution in [3.05, 3.63) is 40.9 Å². The Morgan fingerprint density at radius 1 is 1.24 bits per heavy atom. The minimum absolute atomic E-state index is 0.482. The van der Waals surface area contributed by atoms with Crippen LogP contribution < -0.4 is 0 Å². The molecule has 0 aliphatic carbocycles. The summed E-state index contributed by atoms with van der Waals surface area (Å²) in [6, 6.07) is 8.58. The third kappa shape index (κ3) is 4.53. The van der Waals surface area contributed by atoms with Gasteiger partial charge in [0.05, 0.1) is 11.6 Å². The Bertz CT molecular complexity index is 553. The minimum Gasteiger partial charge on any atom is -0.299 e. The van der Waals surface area contributed by atoms with Crippen molar-refractivity contribution in [2.75, 3.05) is 13.1 Å². The van der Waals surface area contributed by atoms with E-state index in [2.05, 4.69) is 48.0 Å². The molecule has 1 aromatic carbocycles. The largest absolute Gasteiger partial charge is 0.299 e. The van der Waals surface area contributed by atoms with E-state index in [1.807, 2.05) is 5.38 Å². The average Bonchev–Trinajstić information content (AvgIpc) is 3.00. The lowest BCUT2D eigenvalue weighted by Crippen LogP contribution is -2.24. The topological polar surface area (TPSA) is 16.1 Å². The van der Waals surface area contributed by atoms with Gasteiger partial charge in [0.15, 0.2) is 0 Å². The number of alkyl halides is 1. The van der Waals surface area contributed by atoms with E-state index in [-0.39, 0.29) is 0 Å². The van der Waals surface area contributed by atoms with Crippen LogP contribution in [-0.4, -0.2) is 23.0 Å². The van der Waals surface area contributed by atoms with Crippen LogP contribution in [0.4, 0.5) is 0 Å². The first-order chi connectivity index (χ1) is 10.3. The van der Waals surface area contributed by atoms with Gasteiger partial charge in [-0.1, -0.05) is 44.5 Å². The Morgan fingerprint density at radius 3 is 2.71 bits per heavy atom. The second kappa shape index (κ2) is 8.52. The van der Waals surface area contributed by atoms with Crippen LogP contribution in [0.3, 0.4) is 0 Å². The number of thiazole rings is 1. The zero-order valence-electron chi connectivity index (χ0n) is 12.8. The van der Waals surface area contributed by atoms with Crippen LogP contribution in [0.25, 0.3) is 10.6 Å². The molecule has 2 rings (SSSR count). The summed E-state index contributed by atoms with van der Waals surface area (Å²) in [5.74, 6) is 0.482. The molecule has 114 valence electrons. The summed E-state index contributed by atoms with van der Waals surface area (Å²) in [7, 11) is 0. The van der Waals surface area contributed by atoms with Crippen LogP contribution in [0.1, 0.15) is 37.9 Å². The van der Waals surface area contributed by atoms with Crippen molar-refractivity contribution in [1.82, 2.24) is 9.88 Å². The van der Waals surface area contributed by atoms with Crippen LogP contribution in [0.2, 0.25) is 0 Å². The van der Waals surface area contributed by atoms with Gasteiger partial charge in [-0.3, -0.25) is 4.90 Å². The number of aromatic nitrogens is 1. The summed E-state index contributed by atoms with van der Waals surface area (Å²) in [5, 5.41) is 3.13. The number of hydrogen-bond donors (Lipinski definition) is 0. The van der Waals surface area contributed by atoms with Gasteiger partial charge in [0.2, 0.25) is 0 Å². The highest BCUT2D eigenvalue weighted by Crippen LogP contribution is 2.28. The van der Waals surface area contributed by atoms with Gasteiger partial charge < -0.3 is 0 Å². The molecular formula is C17H23ClN2S. The van der Waals surface area contributed by atoms with Crippen molar-refractivity contribution in [1.29, 1.82) is 0 Å². The fourth-order valence-electron chi connectivity index (χ4n) is 2.33. The fraction of sp³-hybridized carbons (Fsp3) is 0.471. The van der Waals surface area contributed by atoms with Gasteiger partial charge >= 0.3 is 0 Å². The van der Waals surface area contributed by atoms with Gasteiger partial charge in [-0.15, -0.1) is 22.9 Å². The molecule has 0 unspecified atom stereocenters. The predicted molar refractivity (Wildman–Crippen MR) is 93.0 cm³/mol. The van der Waals surface area contributed by atoms with E-state index in [1.54, 1.807) is 11.3 Å². The van der Waals surface area contributed by atoms with Crippen LogP contribution in [0.5, 0.6) is 0 Å². The molecule has 0 spiro atoms. The zero-order chi connectivity index (χ0) is 15.1. The molecule has 21 heavy (non-hydrogen) atoms. The second-order valence-corrected chi connectivity index (χ2v) is 6.28. The first-order valence-electron chi connectivity index (χ1n) is 7.59. The molecule has 0 saturated heterocycles. The van der Waals surface area contributed by atoms with Crippen molar-refractivity contribution < 1.29 is 0 Å². The number of nitrogens with zero attached hydrogens (tertiary/aromatic N) is 2. The number of rotatable bonds is 8. The molecule has 0 radical (unpaired) electrons. The summed E-state index contributed by atoms with van der Waals surface area (Å²) in [6.07, 6.45) is 2.49. The maximum Gasteiger partial charge on any atom is 0.123 e. The van der Waals surface area contributed by atoms with Crippen molar-refractivity contribution in [2.45, 2.75) is 39.1 Å². The fourth-order valence-corrected chi connectivity index (χ4v) is 3.44. The van der Waals surface area contributed by atoms with Crippen molar-refractivity contribution in [3.8, 4) is 10.6 Å². The van der Waals surface area contributed by atoms with E-state index in [0.717, 1.165) is 30.3 Å². The Morgan fingerprint density at radius 2 is 2.05 bits per heavy atom. The molecule has 0 N–H and O–H groups in total. The molecule has 0 amide bonds. The third-order valence-electron chi connectivity index (χ3n) is 3.61. The number of halogens is 1. The zero-order valence-corrected chi connectivity index (χ0v) is 14.4.